The molecule has 0 saturated carbocycles. The molecule has 4 heteroatoms. The zero-order valence-electron chi connectivity index (χ0n) is 9.89. The fourth-order valence-electron chi connectivity index (χ4n) is 1.90. The first-order valence-corrected chi connectivity index (χ1v) is 5.95. The Morgan fingerprint density at radius 3 is 3.12 bits per heavy atom. The second-order valence-electron chi connectivity index (χ2n) is 4.14. The first-order valence-electron chi connectivity index (χ1n) is 5.95. The minimum atomic E-state index is -0.879. The van der Waals surface area contributed by atoms with Crippen LogP contribution >= 0.6 is 0 Å². The summed E-state index contributed by atoms with van der Waals surface area (Å²) >= 11 is 0. The van der Waals surface area contributed by atoms with Gasteiger partial charge in [-0.3, -0.25) is 4.90 Å². The summed E-state index contributed by atoms with van der Waals surface area (Å²) in [6.45, 7) is 5.60. The fraction of sp³-hybridized carbons (Fsp3) is 0.750. The summed E-state index contributed by atoms with van der Waals surface area (Å²) in [6.07, 6.45) is 6.54. The molecule has 1 atom stereocenters. The standard InChI is InChI=1S/C12H21NO3/c1-2-9-16-11-5-3-7-13(10-11)8-4-6-12(14)15/h4,6,11H,2-3,5,7-10H2,1H3,(H,14,15). The maximum atomic E-state index is 10.3. The predicted octanol–water partition coefficient (Wildman–Crippen LogP) is 1.52. The van der Waals surface area contributed by atoms with Gasteiger partial charge in [0.2, 0.25) is 0 Å². The van der Waals surface area contributed by atoms with Gasteiger partial charge in [-0.2, -0.15) is 0 Å². The second kappa shape index (κ2) is 7.41. The van der Waals surface area contributed by atoms with Crippen LogP contribution in [0.1, 0.15) is 26.2 Å². The third-order valence-corrected chi connectivity index (χ3v) is 2.64. The maximum absolute atomic E-state index is 10.3. The third-order valence-electron chi connectivity index (χ3n) is 2.64. The van der Waals surface area contributed by atoms with Crippen LogP contribution in [-0.4, -0.2) is 48.3 Å². The lowest BCUT2D eigenvalue weighted by Crippen LogP contribution is -2.39. The van der Waals surface area contributed by atoms with Crippen molar-refractivity contribution in [3.05, 3.63) is 12.2 Å². The molecule has 92 valence electrons. The maximum Gasteiger partial charge on any atom is 0.328 e. The normalized spacial score (nSPS) is 22.7. The number of piperidine rings is 1. The highest BCUT2D eigenvalue weighted by Gasteiger charge is 2.18. The number of hydrogen-bond donors (Lipinski definition) is 1. The smallest absolute Gasteiger partial charge is 0.328 e. The van der Waals surface area contributed by atoms with Gasteiger partial charge in [-0.05, 0) is 25.8 Å². The van der Waals surface area contributed by atoms with Crippen molar-refractivity contribution in [3.63, 3.8) is 0 Å². The Kier molecular flexibility index (Phi) is 6.11. The third kappa shape index (κ3) is 5.28. The van der Waals surface area contributed by atoms with Crippen LogP contribution in [0.25, 0.3) is 0 Å². The van der Waals surface area contributed by atoms with E-state index in [-0.39, 0.29) is 0 Å². The fourth-order valence-corrected chi connectivity index (χ4v) is 1.90. The Morgan fingerprint density at radius 2 is 2.44 bits per heavy atom. The van der Waals surface area contributed by atoms with Gasteiger partial charge in [-0.25, -0.2) is 4.79 Å². The molecule has 1 N–H and O–H groups in total. The summed E-state index contributed by atoms with van der Waals surface area (Å²) in [5.41, 5.74) is 0. The molecule has 1 rings (SSSR count). The first kappa shape index (κ1) is 13.2. The van der Waals surface area contributed by atoms with E-state index >= 15 is 0 Å². The molecule has 0 aliphatic carbocycles. The molecule has 0 amide bonds. The van der Waals surface area contributed by atoms with E-state index in [0.717, 1.165) is 39.0 Å². The molecule has 4 nitrogen and oxygen atoms in total. The van der Waals surface area contributed by atoms with Crippen LogP contribution in [0.15, 0.2) is 12.2 Å². The number of likely N-dealkylation sites (tertiary alicyclic amines) is 1. The summed E-state index contributed by atoms with van der Waals surface area (Å²) in [7, 11) is 0. The molecule has 1 aliphatic rings. The summed E-state index contributed by atoms with van der Waals surface area (Å²) < 4.78 is 5.71. The molecular formula is C12H21NO3. The highest BCUT2D eigenvalue weighted by Crippen LogP contribution is 2.13. The van der Waals surface area contributed by atoms with Crippen LogP contribution in [-0.2, 0) is 9.53 Å². The van der Waals surface area contributed by atoms with Crippen LogP contribution in [0.3, 0.4) is 0 Å². The van der Waals surface area contributed by atoms with Gasteiger partial charge in [-0.15, -0.1) is 0 Å². The Hall–Kier alpha value is -0.870. The molecule has 0 bridgehead atoms. The largest absolute Gasteiger partial charge is 0.478 e. The van der Waals surface area contributed by atoms with Gasteiger partial charge in [0.05, 0.1) is 6.10 Å². The Morgan fingerprint density at radius 1 is 1.62 bits per heavy atom. The lowest BCUT2D eigenvalue weighted by atomic mass is 10.1. The van der Waals surface area contributed by atoms with Crippen molar-refractivity contribution in [2.75, 3.05) is 26.2 Å². The van der Waals surface area contributed by atoms with Gasteiger partial charge in [-0.1, -0.05) is 13.0 Å². The molecule has 0 radical (unpaired) electrons. The van der Waals surface area contributed by atoms with Crippen LogP contribution in [0.2, 0.25) is 0 Å². The van der Waals surface area contributed by atoms with Crippen LogP contribution in [0.4, 0.5) is 0 Å². The van der Waals surface area contributed by atoms with Crippen molar-refractivity contribution in [2.24, 2.45) is 0 Å². The zero-order chi connectivity index (χ0) is 11.8. The van der Waals surface area contributed by atoms with Gasteiger partial charge < -0.3 is 9.84 Å². The Balaban J connectivity index is 2.24. The molecule has 1 aliphatic heterocycles. The van der Waals surface area contributed by atoms with Crippen molar-refractivity contribution in [1.29, 1.82) is 0 Å². The van der Waals surface area contributed by atoms with E-state index in [1.54, 1.807) is 6.08 Å². The van der Waals surface area contributed by atoms with E-state index in [1.165, 1.54) is 6.08 Å². The molecule has 0 aromatic heterocycles. The predicted molar refractivity (Wildman–Crippen MR) is 62.5 cm³/mol. The Bertz CT molecular complexity index is 240. The Labute approximate surface area is 96.9 Å². The van der Waals surface area contributed by atoms with Gasteiger partial charge in [0.25, 0.3) is 0 Å². The molecule has 1 saturated heterocycles. The van der Waals surface area contributed by atoms with Crippen molar-refractivity contribution in [2.45, 2.75) is 32.3 Å². The number of ether oxygens (including phenoxy) is 1. The number of carboxylic acids is 1. The van der Waals surface area contributed by atoms with E-state index in [4.69, 9.17) is 9.84 Å². The average molecular weight is 227 g/mol. The molecule has 0 aromatic carbocycles. The molecule has 0 spiro atoms. The van der Waals surface area contributed by atoms with Crippen molar-refractivity contribution >= 4 is 5.97 Å². The number of nitrogens with zero attached hydrogens (tertiary/aromatic N) is 1. The SMILES string of the molecule is CCCOC1CCCN(CC=CC(=O)O)C1. The minimum Gasteiger partial charge on any atom is -0.478 e. The number of rotatable bonds is 6. The lowest BCUT2D eigenvalue weighted by Gasteiger charge is -2.31. The molecule has 1 heterocycles. The van der Waals surface area contributed by atoms with Gasteiger partial charge >= 0.3 is 5.97 Å². The summed E-state index contributed by atoms with van der Waals surface area (Å²) in [5.74, 6) is -0.879. The van der Waals surface area contributed by atoms with E-state index < -0.39 is 5.97 Å². The summed E-state index contributed by atoms with van der Waals surface area (Å²) in [5, 5.41) is 8.48. The average Bonchev–Trinajstić information content (AvgIpc) is 2.26. The van der Waals surface area contributed by atoms with Crippen LogP contribution in [0.5, 0.6) is 0 Å². The second-order valence-corrected chi connectivity index (χ2v) is 4.14. The highest BCUT2D eigenvalue weighted by atomic mass is 16.5. The molecular weight excluding hydrogens is 206 g/mol. The molecule has 16 heavy (non-hydrogen) atoms. The molecule has 1 unspecified atom stereocenters. The van der Waals surface area contributed by atoms with Crippen molar-refractivity contribution in [1.82, 2.24) is 4.90 Å². The molecule has 1 fully saturated rings. The zero-order valence-corrected chi connectivity index (χ0v) is 9.89. The number of hydrogen-bond acceptors (Lipinski definition) is 3. The van der Waals surface area contributed by atoms with Gasteiger partial charge in [0.15, 0.2) is 0 Å². The van der Waals surface area contributed by atoms with E-state index in [9.17, 15) is 4.79 Å². The topological polar surface area (TPSA) is 49.8 Å². The number of aliphatic carboxylic acids is 1. The first-order chi connectivity index (χ1) is 7.72. The van der Waals surface area contributed by atoms with Crippen molar-refractivity contribution in [3.8, 4) is 0 Å². The van der Waals surface area contributed by atoms with Gasteiger partial charge in [0, 0.05) is 25.8 Å². The number of carboxylic acid groups (broad SMARTS) is 1. The van der Waals surface area contributed by atoms with E-state index in [2.05, 4.69) is 11.8 Å². The summed E-state index contributed by atoms with van der Waals surface area (Å²) in [6, 6.07) is 0. The minimum absolute atomic E-state index is 0.326. The summed E-state index contributed by atoms with van der Waals surface area (Å²) in [4.78, 5) is 12.6. The highest BCUT2D eigenvalue weighted by molar-refractivity contribution is 5.79. The lowest BCUT2D eigenvalue weighted by molar-refractivity contribution is -0.131. The van der Waals surface area contributed by atoms with Crippen LogP contribution < -0.4 is 0 Å². The van der Waals surface area contributed by atoms with Crippen molar-refractivity contribution < 1.29 is 14.6 Å². The quantitative estimate of drug-likeness (QED) is 0.699. The monoisotopic (exact) mass is 227 g/mol. The number of carbonyl (C=O) groups is 1. The molecule has 0 aromatic rings. The van der Waals surface area contributed by atoms with E-state index in [1.807, 2.05) is 0 Å². The van der Waals surface area contributed by atoms with Gasteiger partial charge in [0.1, 0.15) is 0 Å². The van der Waals surface area contributed by atoms with Crippen LogP contribution in [0, 0.1) is 0 Å². The van der Waals surface area contributed by atoms with E-state index in [0.29, 0.717) is 12.6 Å².